The van der Waals surface area contributed by atoms with Crippen LogP contribution in [-0.4, -0.2) is 43.3 Å². The lowest BCUT2D eigenvalue weighted by atomic mass is 9.68. The summed E-state index contributed by atoms with van der Waals surface area (Å²) >= 11 is 0. The van der Waals surface area contributed by atoms with Gasteiger partial charge in [0.1, 0.15) is 0 Å². The average molecular weight is 370 g/mol. The molecule has 25 heavy (non-hydrogen) atoms. The molecule has 1 aliphatic carbocycles. The molecule has 0 radical (unpaired) electrons. The topological polar surface area (TPSA) is 59.0 Å². The number of rotatable bonds is 4. The first kappa shape index (κ1) is 19.9. The Kier molecular flexibility index (Phi) is 6.22. The van der Waals surface area contributed by atoms with Gasteiger partial charge in [-0.05, 0) is 61.9 Å². The molecule has 0 bridgehead atoms. The molecular weight excluding hydrogens is 342 g/mol. The molecule has 6 heteroatoms. The Hall–Kier alpha value is -1.46. The number of fused-ring (bicyclic) bond motifs is 2. The van der Waals surface area contributed by atoms with E-state index < -0.39 is 5.97 Å². The van der Waals surface area contributed by atoms with Gasteiger partial charge in [-0.15, -0.1) is 12.4 Å². The Bertz CT molecular complexity index is 626. The largest absolute Gasteiger partial charge is 0.493 e. The molecule has 5 nitrogen and oxygen atoms in total. The number of carboxylic acid groups (broad SMARTS) is 1. The highest BCUT2D eigenvalue weighted by atomic mass is 35.5. The zero-order chi connectivity index (χ0) is 17.3. The van der Waals surface area contributed by atoms with Crippen LogP contribution in [0.1, 0.15) is 43.7 Å². The highest BCUT2D eigenvalue weighted by Crippen LogP contribution is 2.49. The minimum absolute atomic E-state index is 0. The molecule has 1 aromatic rings. The van der Waals surface area contributed by atoms with Crippen molar-refractivity contribution in [1.29, 1.82) is 0 Å². The van der Waals surface area contributed by atoms with Crippen LogP contribution in [0.15, 0.2) is 12.1 Å². The van der Waals surface area contributed by atoms with Crippen LogP contribution in [0.5, 0.6) is 11.5 Å². The number of likely N-dealkylation sites (N-methyl/N-ethyl adjacent to an activating group) is 1. The van der Waals surface area contributed by atoms with Crippen LogP contribution in [0.3, 0.4) is 0 Å². The first-order chi connectivity index (χ1) is 11.6. The Morgan fingerprint density at radius 3 is 2.36 bits per heavy atom. The first-order valence-corrected chi connectivity index (χ1v) is 8.79. The molecule has 1 aromatic carbocycles. The molecule has 140 valence electrons. The fraction of sp³-hybridized carbons (Fsp3) is 0.632. The van der Waals surface area contributed by atoms with E-state index in [0.717, 1.165) is 56.7 Å². The number of carbonyl (C=O) groups is 1. The number of halogens is 1. The van der Waals surface area contributed by atoms with Crippen molar-refractivity contribution in [2.75, 3.05) is 27.3 Å². The summed E-state index contributed by atoms with van der Waals surface area (Å²) in [5.41, 5.74) is 2.55. The van der Waals surface area contributed by atoms with E-state index in [4.69, 9.17) is 9.47 Å². The standard InChI is InChI=1S/C19H27NO4.ClH/c1-4-20-10-7-14-11-16(23-2)17(24-3)12-15(14)19(20)8-5-13(6-9-19)18(21)22;/h11-13H,4-10H2,1-3H3,(H,21,22);1H/t13-,19-;. The molecular formula is C19H28ClNO4. The van der Waals surface area contributed by atoms with Gasteiger partial charge in [0.05, 0.1) is 20.1 Å². The molecule has 1 heterocycles. The molecule has 1 spiro atoms. The van der Waals surface area contributed by atoms with Crippen LogP contribution in [0, 0.1) is 5.92 Å². The summed E-state index contributed by atoms with van der Waals surface area (Å²) < 4.78 is 11.0. The van der Waals surface area contributed by atoms with Gasteiger partial charge < -0.3 is 14.6 Å². The molecule has 0 atom stereocenters. The van der Waals surface area contributed by atoms with Crippen LogP contribution < -0.4 is 9.47 Å². The van der Waals surface area contributed by atoms with Gasteiger partial charge in [-0.3, -0.25) is 9.69 Å². The van der Waals surface area contributed by atoms with E-state index >= 15 is 0 Å². The van der Waals surface area contributed by atoms with Crippen LogP contribution in [0.2, 0.25) is 0 Å². The van der Waals surface area contributed by atoms with Crippen molar-refractivity contribution in [3.63, 3.8) is 0 Å². The third kappa shape index (κ3) is 3.32. The molecule has 1 fully saturated rings. The van der Waals surface area contributed by atoms with E-state index in [2.05, 4.69) is 24.0 Å². The van der Waals surface area contributed by atoms with Crippen LogP contribution in [0.4, 0.5) is 0 Å². The molecule has 1 N–H and O–H groups in total. The highest BCUT2D eigenvalue weighted by molar-refractivity contribution is 5.85. The molecule has 3 rings (SSSR count). The maximum atomic E-state index is 11.4. The molecule has 0 unspecified atom stereocenters. The Morgan fingerprint density at radius 1 is 1.24 bits per heavy atom. The maximum Gasteiger partial charge on any atom is 0.306 e. The summed E-state index contributed by atoms with van der Waals surface area (Å²) in [5.74, 6) is 0.667. The van der Waals surface area contributed by atoms with Crippen molar-refractivity contribution in [3.05, 3.63) is 23.3 Å². The summed E-state index contributed by atoms with van der Waals surface area (Å²) in [6, 6.07) is 4.23. The van der Waals surface area contributed by atoms with Crippen molar-refractivity contribution < 1.29 is 19.4 Å². The van der Waals surface area contributed by atoms with Gasteiger partial charge in [0.25, 0.3) is 0 Å². The van der Waals surface area contributed by atoms with E-state index in [1.54, 1.807) is 14.2 Å². The first-order valence-electron chi connectivity index (χ1n) is 8.79. The van der Waals surface area contributed by atoms with E-state index in [9.17, 15) is 9.90 Å². The molecule has 0 saturated heterocycles. The Balaban J connectivity index is 0.00000225. The number of ether oxygens (including phenoxy) is 2. The van der Waals surface area contributed by atoms with Gasteiger partial charge in [-0.25, -0.2) is 0 Å². The normalized spacial score (nSPS) is 25.8. The monoisotopic (exact) mass is 369 g/mol. The van der Waals surface area contributed by atoms with Gasteiger partial charge in [-0.2, -0.15) is 0 Å². The zero-order valence-corrected chi connectivity index (χ0v) is 16.0. The lowest BCUT2D eigenvalue weighted by Crippen LogP contribution is -2.52. The summed E-state index contributed by atoms with van der Waals surface area (Å²) in [5, 5.41) is 9.34. The van der Waals surface area contributed by atoms with Gasteiger partial charge >= 0.3 is 5.97 Å². The lowest BCUT2D eigenvalue weighted by molar-refractivity contribution is -0.144. The number of carboxylic acids is 1. The van der Waals surface area contributed by atoms with E-state index in [0.29, 0.717) is 0 Å². The van der Waals surface area contributed by atoms with Crippen LogP contribution in [0.25, 0.3) is 0 Å². The van der Waals surface area contributed by atoms with Crippen molar-refractivity contribution in [2.45, 2.75) is 44.6 Å². The molecule has 2 aliphatic rings. The quantitative estimate of drug-likeness (QED) is 0.880. The summed E-state index contributed by atoms with van der Waals surface area (Å²) in [4.78, 5) is 13.9. The minimum Gasteiger partial charge on any atom is -0.493 e. The van der Waals surface area contributed by atoms with E-state index in [-0.39, 0.29) is 23.9 Å². The van der Waals surface area contributed by atoms with Crippen molar-refractivity contribution in [3.8, 4) is 11.5 Å². The second kappa shape index (κ2) is 7.83. The average Bonchev–Trinajstić information content (AvgIpc) is 2.61. The lowest BCUT2D eigenvalue weighted by Gasteiger charge is -2.51. The smallest absolute Gasteiger partial charge is 0.306 e. The second-order valence-corrected chi connectivity index (χ2v) is 6.84. The van der Waals surface area contributed by atoms with Crippen molar-refractivity contribution in [2.24, 2.45) is 5.92 Å². The third-order valence-corrected chi connectivity index (χ3v) is 5.91. The highest BCUT2D eigenvalue weighted by Gasteiger charge is 2.46. The zero-order valence-electron chi connectivity index (χ0n) is 15.2. The summed E-state index contributed by atoms with van der Waals surface area (Å²) in [6.45, 7) is 4.18. The van der Waals surface area contributed by atoms with Gasteiger partial charge in [0, 0.05) is 12.1 Å². The summed E-state index contributed by atoms with van der Waals surface area (Å²) in [7, 11) is 3.33. The summed E-state index contributed by atoms with van der Waals surface area (Å²) in [6.07, 6.45) is 4.24. The SMILES string of the molecule is CCN1CCc2cc(OC)c(OC)cc2[C@]12CC[C@@H](C(=O)O)CC2.Cl. The molecule has 0 amide bonds. The van der Waals surface area contributed by atoms with Crippen molar-refractivity contribution in [1.82, 2.24) is 4.90 Å². The number of hydrogen-bond acceptors (Lipinski definition) is 4. The molecule has 1 saturated carbocycles. The van der Waals surface area contributed by atoms with Gasteiger partial charge in [-0.1, -0.05) is 6.92 Å². The van der Waals surface area contributed by atoms with Crippen LogP contribution >= 0.6 is 12.4 Å². The van der Waals surface area contributed by atoms with E-state index in [1.807, 2.05) is 0 Å². The number of benzene rings is 1. The predicted molar refractivity (Wildman–Crippen MR) is 99.0 cm³/mol. The predicted octanol–water partition coefficient (Wildman–Crippen LogP) is 3.47. The number of nitrogens with zero attached hydrogens (tertiary/aromatic N) is 1. The fourth-order valence-electron chi connectivity index (χ4n) is 4.59. The number of aliphatic carboxylic acids is 1. The van der Waals surface area contributed by atoms with Crippen LogP contribution in [-0.2, 0) is 16.8 Å². The fourth-order valence-corrected chi connectivity index (χ4v) is 4.59. The Morgan fingerprint density at radius 2 is 1.84 bits per heavy atom. The maximum absolute atomic E-state index is 11.4. The Labute approximate surface area is 155 Å². The third-order valence-electron chi connectivity index (χ3n) is 5.91. The van der Waals surface area contributed by atoms with Gasteiger partial charge in [0.15, 0.2) is 11.5 Å². The van der Waals surface area contributed by atoms with Crippen molar-refractivity contribution >= 4 is 18.4 Å². The molecule has 1 aliphatic heterocycles. The number of methoxy groups -OCH3 is 2. The minimum atomic E-state index is -0.656. The second-order valence-electron chi connectivity index (χ2n) is 6.84. The van der Waals surface area contributed by atoms with E-state index in [1.165, 1.54) is 11.1 Å². The molecule has 0 aromatic heterocycles. The number of hydrogen-bond donors (Lipinski definition) is 1. The van der Waals surface area contributed by atoms with Gasteiger partial charge in [0.2, 0.25) is 0 Å².